The van der Waals surface area contributed by atoms with Crippen LogP contribution < -0.4 is 0 Å². The molecule has 2 heteroatoms. The summed E-state index contributed by atoms with van der Waals surface area (Å²) in [5.74, 6) is 2.02. The first-order valence-corrected chi connectivity index (χ1v) is 4.07. The first-order valence-electron chi connectivity index (χ1n) is 4.07. The Balaban J connectivity index is 2.16. The fourth-order valence-electron chi connectivity index (χ4n) is 1.47. The first-order chi connectivity index (χ1) is 5.42. The standard InChI is InChI=1S/C9H11NO/c11-7-9-3-1-2-6-10(9)8-4-5-8/h1-2,8H,3-6H2. The summed E-state index contributed by atoms with van der Waals surface area (Å²) in [6, 6.07) is 0.649. The monoisotopic (exact) mass is 149 g/mol. The van der Waals surface area contributed by atoms with Gasteiger partial charge in [0.1, 0.15) is 11.6 Å². The van der Waals surface area contributed by atoms with Gasteiger partial charge in [-0.1, -0.05) is 12.2 Å². The molecule has 11 heavy (non-hydrogen) atoms. The third-order valence-electron chi connectivity index (χ3n) is 2.23. The Morgan fingerprint density at radius 1 is 1.45 bits per heavy atom. The van der Waals surface area contributed by atoms with E-state index >= 15 is 0 Å². The van der Waals surface area contributed by atoms with E-state index in [-0.39, 0.29) is 0 Å². The highest BCUT2D eigenvalue weighted by Crippen LogP contribution is 2.31. The van der Waals surface area contributed by atoms with Crippen molar-refractivity contribution in [2.75, 3.05) is 6.54 Å². The summed E-state index contributed by atoms with van der Waals surface area (Å²) < 4.78 is 0. The predicted molar refractivity (Wildman–Crippen MR) is 42.7 cm³/mol. The van der Waals surface area contributed by atoms with Gasteiger partial charge in [0.15, 0.2) is 0 Å². The van der Waals surface area contributed by atoms with Crippen molar-refractivity contribution in [1.82, 2.24) is 4.90 Å². The Kier molecular flexibility index (Phi) is 1.55. The summed E-state index contributed by atoms with van der Waals surface area (Å²) in [4.78, 5) is 12.6. The molecule has 0 aromatic rings. The topological polar surface area (TPSA) is 20.3 Å². The molecule has 2 nitrogen and oxygen atoms in total. The molecule has 0 saturated heterocycles. The van der Waals surface area contributed by atoms with Gasteiger partial charge in [0.25, 0.3) is 0 Å². The Bertz CT molecular complexity index is 234. The molecule has 58 valence electrons. The van der Waals surface area contributed by atoms with Crippen molar-refractivity contribution >= 4 is 5.94 Å². The molecule has 0 N–H and O–H groups in total. The highest BCUT2D eigenvalue weighted by molar-refractivity contribution is 5.53. The summed E-state index contributed by atoms with van der Waals surface area (Å²) in [6.45, 7) is 0.912. The average Bonchev–Trinajstić information content (AvgIpc) is 2.87. The second-order valence-electron chi connectivity index (χ2n) is 3.11. The van der Waals surface area contributed by atoms with Gasteiger partial charge in [-0.15, -0.1) is 0 Å². The fraction of sp³-hybridized carbons (Fsp3) is 0.556. The van der Waals surface area contributed by atoms with Crippen molar-refractivity contribution in [2.24, 2.45) is 0 Å². The number of allylic oxidation sites excluding steroid dienone is 1. The van der Waals surface area contributed by atoms with E-state index in [0.29, 0.717) is 6.04 Å². The van der Waals surface area contributed by atoms with Gasteiger partial charge in [-0.05, 0) is 12.8 Å². The lowest BCUT2D eigenvalue weighted by atomic mass is 10.2. The molecule has 0 atom stereocenters. The van der Waals surface area contributed by atoms with E-state index < -0.39 is 0 Å². The Morgan fingerprint density at radius 2 is 2.27 bits per heavy atom. The van der Waals surface area contributed by atoms with Crippen LogP contribution in [0.15, 0.2) is 17.8 Å². The fourth-order valence-corrected chi connectivity index (χ4v) is 1.47. The van der Waals surface area contributed by atoms with Crippen LogP contribution in [0.3, 0.4) is 0 Å². The molecule has 0 aromatic heterocycles. The molecule has 0 unspecified atom stereocenters. The Morgan fingerprint density at radius 3 is 2.91 bits per heavy atom. The van der Waals surface area contributed by atoms with E-state index in [1.54, 1.807) is 0 Å². The van der Waals surface area contributed by atoms with Crippen molar-refractivity contribution in [3.63, 3.8) is 0 Å². The van der Waals surface area contributed by atoms with Gasteiger partial charge in [0, 0.05) is 19.0 Å². The van der Waals surface area contributed by atoms with E-state index in [9.17, 15) is 4.79 Å². The summed E-state index contributed by atoms with van der Waals surface area (Å²) >= 11 is 0. The molecular formula is C9H11NO. The quantitative estimate of drug-likeness (QED) is 0.411. The maximum Gasteiger partial charge on any atom is 0.146 e. The normalized spacial score (nSPS) is 23.6. The molecule has 1 heterocycles. The largest absolute Gasteiger partial charge is 0.359 e. The lowest BCUT2D eigenvalue weighted by Crippen LogP contribution is -2.27. The zero-order chi connectivity index (χ0) is 7.68. The van der Waals surface area contributed by atoms with Gasteiger partial charge in [0.2, 0.25) is 0 Å². The van der Waals surface area contributed by atoms with Crippen molar-refractivity contribution in [3.05, 3.63) is 17.8 Å². The second kappa shape index (κ2) is 2.55. The molecule has 0 amide bonds. The predicted octanol–water partition coefficient (Wildman–Crippen LogP) is 1.13. The van der Waals surface area contributed by atoms with Gasteiger partial charge >= 0.3 is 0 Å². The summed E-state index contributed by atoms with van der Waals surface area (Å²) in [5, 5.41) is 0. The van der Waals surface area contributed by atoms with Crippen LogP contribution in [-0.4, -0.2) is 23.4 Å². The summed E-state index contributed by atoms with van der Waals surface area (Å²) in [6.07, 6.45) is 7.44. The zero-order valence-electron chi connectivity index (χ0n) is 6.42. The smallest absolute Gasteiger partial charge is 0.146 e. The van der Waals surface area contributed by atoms with Crippen LogP contribution in [0.25, 0.3) is 0 Å². The van der Waals surface area contributed by atoms with Gasteiger partial charge in [-0.2, -0.15) is 0 Å². The number of hydrogen-bond donors (Lipinski definition) is 0. The van der Waals surface area contributed by atoms with Crippen LogP contribution in [0.1, 0.15) is 19.3 Å². The highest BCUT2D eigenvalue weighted by Gasteiger charge is 2.30. The van der Waals surface area contributed by atoms with Crippen molar-refractivity contribution in [3.8, 4) is 0 Å². The van der Waals surface area contributed by atoms with Gasteiger partial charge < -0.3 is 4.90 Å². The molecule has 0 radical (unpaired) electrons. The summed E-state index contributed by atoms with van der Waals surface area (Å²) in [7, 11) is 0. The molecule has 1 aliphatic carbocycles. The van der Waals surface area contributed by atoms with Crippen LogP contribution in [0, 0.1) is 0 Å². The van der Waals surface area contributed by atoms with Gasteiger partial charge in [0.05, 0.1) is 0 Å². The minimum Gasteiger partial charge on any atom is -0.359 e. The number of nitrogens with zero attached hydrogens (tertiary/aromatic N) is 1. The van der Waals surface area contributed by atoms with Gasteiger partial charge in [-0.25, -0.2) is 4.79 Å². The minimum absolute atomic E-state index is 0.649. The molecule has 1 saturated carbocycles. The number of rotatable bonds is 1. The van der Waals surface area contributed by atoms with Crippen molar-refractivity contribution < 1.29 is 4.79 Å². The van der Waals surface area contributed by atoms with Crippen molar-refractivity contribution in [2.45, 2.75) is 25.3 Å². The van der Waals surface area contributed by atoms with Crippen LogP contribution in [0.5, 0.6) is 0 Å². The molecule has 2 rings (SSSR count). The zero-order valence-corrected chi connectivity index (χ0v) is 6.42. The van der Waals surface area contributed by atoms with Crippen LogP contribution in [-0.2, 0) is 4.79 Å². The molecule has 1 fully saturated rings. The second-order valence-corrected chi connectivity index (χ2v) is 3.11. The summed E-state index contributed by atoms with van der Waals surface area (Å²) in [5.41, 5.74) is 0.843. The molecule has 0 spiro atoms. The third-order valence-corrected chi connectivity index (χ3v) is 2.23. The maximum atomic E-state index is 10.5. The van der Waals surface area contributed by atoms with E-state index in [4.69, 9.17) is 0 Å². The van der Waals surface area contributed by atoms with E-state index in [2.05, 4.69) is 11.0 Å². The van der Waals surface area contributed by atoms with Crippen LogP contribution in [0.4, 0.5) is 0 Å². The molecule has 0 bridgehead atoms. The molecule has 0 aromatic carbocycles. The SMILES string of the molecule is O=C=C1CC=CCN1C1CC1. The third kappa shape index (κ3) is 1.22. The van der Waals surface area contributed by atoms with Crippen LogP contribution in [0.2, 0.25) is 0 Å². The lowest BCUT2D eigenvalue weighted by Gasteiger charge is -2.25. The average molecular weight is 149 g/mol. The molecular weight excluding hydrogens is 138 g/mol. The minimum atomic E-state index is 0.649. The highest BCUT2D eigenvalue weighted by atomic mass is 16.1. The molecule has 1 aliphatic heterocycles. The molecule has 2 aliphatic rings. The Labute approximate surface area is 66.2 Å². The Hall–Kier alpha value is -1.01. The number of carbonyl (C=O) groups excluding carboxylic acids is 1. The lowest BCUT2D eigenvalue weighted by molar-refractivity contribution is 0.356. The first kappa shape index (κ1) is 6.68. The van der Waals surface area contributed by atoms with Gasteiger partial charge in [-0.3, -0.25) is 0 Å². The van der Waals surface area contributed by atoms with Crippen molar-refractivity contribution in [1.29, 1.82) is 0 Å². The maximum absolute atomic E-state index is 10.5. The van der Waals surface area contributed by atoms with Crippen LogP contribution >= 0.6 is 0 Å². The van der Waals surface area contributed by atoms with E-state index in [1.165, 1.54) is 12.8 Å². The van der Waals surface area contributed by atoms with E-state index in [1.807, 2.05) is 12.0 Å². The van der Waals surface area contributed by atoms with E-state index in [0.717, 1.165) is 18.7 Å². The number of hydrogen-bond acceptors (Lipinski definition) is 2.